The van der Waals surface area contributed by atoms with Crippen LogP contribution >= 0.6 is 11.6 Å². The molecule has 0 aliphatic carbocycles. The molecule has 0 aromatic carbocycles. The van der Waals surface area contributed by atoms with E-state index < -0.39 is 5.60 Å². The number of nitrogens with zero attached hydrogens (tertiary/aromatic N) is 1. The van der Waals surface area contributed by atoms with Crippen LogP contribution in [0.3, 0.4) is 0 Å². The summed E-state index contributed by atoms with van der Waals surface area (Å²) in [6, 6.07) is 0. The lowest BCUT2D eigenvalue weighted by Crippen LogP contribution is -2.32. The van der Waals surface area contributed by atoms with Crippen molar-refractivity contribution in [1.29, 1.82) is 0 Å². The first-order valence-electron chi connectivity index (χ1n) is 2.52. The Kier molecular flexibility index (Phi) is 2.94. The average Bonchev–Trinajstić information content (AvgIpc) is 1.65. The van der Waals surface area contributed by atoms with E-state index >= 15 is 0 Å². The summed E-state index contributed by atoms with van der Waals surface area (Å²) in [5, 5.41) is 20.1. The van der Waals surface area contributed by atoms with Crippen molar-refractivity contribution >= 4 is 17.3 Å². The molecule has 0 amide bonds. The van der Waals surface area contributed by atoms with Crippen LogP contribution in [0.4, 0.5) is 0 Å². The lowest BCUT2D eigenvalue weighted by atomic mass is 10.1. The maximum Gasteiger partial charge on any atom is 0.103 e. The summed E-state index contributed by atoms with van der Waals surface area (Å²) in [5.74, 6) is 0.0417. The number of rotatable bonds is 2. The van der Waals surface area contributed by atoms with E-state index in [0.717, 1.165) is 0 Å². The normalized spacial score (nSPS) is 14.0. The molecule has 0 rings (SSSR count). The minimum Gasteiger partial charge on any atom is -0.411 e. The van der Waals surface area contributed by atoms with E-state index in [0.29, 0.717) is 0 Å². The number of hydrogen-bond donors (Lipinski definition) is 2. The molecule has 54 valence electrons. The maximum absolute atomic E-state index is 9.10. The lowest BCUT2D eigenvalue weighted by molar-refractivity contribution is 0.147. The highest BCUT2D eigenvalue weighted by Crippen LogP contribution is 2.05. The third-order valence-corrected chi connectivity index (χ3v) is 1.21. The van der Waals surface area contributed by atoms with E-state index in [4.69, 9.17) is 21.9 Å². The molecule has 2 N–H and O–H groups in total. The van der Waals surface area contributed by atoms with Gasteiger partial charge in [0.05, 0.1) is 5.88 Å². The molecule has 0 aliphatic rings. The van der Waals surface area contributed by atoms with Crippen LogP contribution in [-0.2, 0) is 0 Å². The van der Waals surface area contributed by atoms with Crippen LogP contribution in [0.15, 0.2) is 5.16 Å². The minimum atomic E-state index is -1.11. The van der Waals surface area contributed by atoms with Crippen molar-refractivity contribution in [3.05, 3.63) is 0 Å². The molecule has 0 heterocycles. The van der Waals surface area contributed by atoms with Gasteiger partial charge in [-0.05, 0) is 13.8 Å². The molecule has 0 saturated carbocycles. The summed E-state index contributed by atoms with van der Waals surface area (Å²) in [7, 11) is 0. The van der Waals surface area contributed by atoms with Crippen molar-refractivity contribution in [2.24, 2.45) is 5.16 Å². The summed E-state index contributed by atoms with van der Waals surface area (Å²) >= 11 is 5.30. The van der Waals surface area contributed by atoms with Gasteiger partial charge in [0.1, 0.15) is 11.3 Å². The molecule has 0 atom stereocenters. The Balaban J connectivity index is 4.14. The van der Waals surface area contributed by atoms with Gasteiger partial charge in [-0.1, -0.05) is 5.16 Å². The maximum atomic E-state index is 9.10. The average molecular weight is 152 g/mol. The molecule has 0 bridgehead atoms. The zero-order valence-electron chi connectivity index (χ0n) is 5.43. The third kappa shape index (κ3) is 2.67. The van der Waals surface area contributed by atoms with Gasteiger partial charge in [0.25, 0.3) is 0 Å². The largest absolute Gasteiger partial charge is 0.411 e. The number of alkyl halides is 1. The fourth-order valence-electron chi connectivity index (χ4n) is 0.313. The summed E-state index contributed by atoms with van der Waals surface area (Å²) in [5.41, 5.74) is -0.944. The van der Waals surface area contributed by atoms with E-state index in [-0.39, 0.29) is 11.6 Å². The minimum absolute atomic E-state index is 0.0417. The zero-order valence-corrected chi connectivity index (χ0v) is 6.18. The van der Waals surface area contributed by atoms with E-state index in [1.54, 1.807) is 0 Å². The standard InChI is InChI=1S/C5H10ClNO2/c1-5(2,8)4(3-6)7-9/h8-9H,3H2,1-2H3/b7-4-. The van der Waals surface area contributed by atoms with Gasteiger partial charge in [-0.25, -0.2) is 0 Å². The van der Waals surface area contributed by atoms with E-state index in [1.165, 1.54) is 13.8 Å². The predicted octanol–water partition coefficient (Wildman–Crippen LogP) is 0.826. The van der Waals surface area contributed by atoms with Crippen LogP contribution < -0.4 is 0 Å². The highest BCUT2D eigenvalue weighted by molar-refractivity contribution is 6.29. The second kappa shape index (κ2) is 3.03. The first-order chi connectivity index (χ1) is 4.02. The van der Waals surface area contributed by atoms with Crippen molar-refractivity contribution < 1.29 is 10.3 Å². The fourth-order valence-corrected chi connectivity index (χ4v) is 0.693. The van der Waals surface area contributed by atoms with E-state index in [2.05, 4.69) is 5.16 Å². The molecular weight excluding hydrogens is 142 g/mol. The van der Waals surface area contributed by atoms with Crippen LogP contribution in [-0.4, -0.2) is 27.5 Å². The SMILES string of the molecule is CC(C)(O)/C(CCl)=N\O. The number of hydrogen-bond acceptors (Lipinski definition) is 3. The molecule has 3 nitrogen and oxygen atoms in total. The summed E-state index contributed by atoms with van der Waals surface area (Å²) in [4.78, 5) is 0. The number of oxime groups is 1. The molecule has 0 radical (unpaired) electrons. The first-order valence-corrected chi connectivity index (χ1v) is 3.05. The highest BCUT2D eigenvalue weighted by Gasteiger charge is 2.20. The molecule has 0 saturated heterocycles. The molecule has 0 fully saturated rings. The van der Waals surface area contributed by atoms with Crippen molar-refractivity contribution in [1.82, 2.24) is 0 Å². The Morgan fingerprint density at radius 3 is 2.11 bits per heavy atom. The molecule has 4 heteroatoms. The fraction of sp³-hybridized carbons (Fsp3) is 0.800. The second-order valence-corrected chi connectivity index (χ2v) is 2.51. The van der Waals surface area contributed by atoms with Gasteiger partial charge in [0.2, 0.25) is 0 Å². The van der Waals surface area contributed by atoms with Gasteiger partial charge < -0.3 is 10.3 Å². The summed E-state index contributed by atoms with van der Waals surface area (Å²) < 4.78 is 0. The first kappa shape index (κ1) is 8.72. The molecular formula is C5H10ClNO2. The van der Waals surface area contributed by atoms with Crippen molar-refractivity contribution in [3.8, 4) is 0 Å². The Labute approximate surface area is 58.9 Å². The van der Waals surface area contributed by atoms with Crippen molar-refractivity contribution in [2.75, 3.05) is 5.88 Å². The van der Waals surface area contributed by atoms with E-state index in [1.807, 2.05) is 0 Å². The molecule has 0 aliphatic heterocycles. The Hall–Kier alpha value is -0.280. The van der Waals surface area contributed by atoms with Crippen LogP contribution in [0.5, 0.6) is 0 Å². The summed E-state index contributed by atoms with van der Waals surface area (Å²) in [6.45, 7) is 3.01. The topological polar surface area (TPSA) is 52.8 Å². The van der Waals surface area contributed by atoms with E-state index in [9.17, 15) is 0 Å². The summed E-state index contributed by atoms with van der Waals surface area (Å²) in [6.07, 6.45) is 0. The molecule has 9 heavy (non-hydrogen) atoms. The Morgan fingerprint density at radius 2 is 2.11 bits per heavy atom. The van der Waals surface area contributed by atoms with Gasteiger partial charge in [0, 0.05) is 0 Å². The molecule has 0 aromatic rings. The van der Waals surface area contributed by atoms with Gasteiger partial charge >= 0.3 is 0 Å². The van der Waals surface area contributed by atoms with Crippen LogP contribution in [0, 0.1) is 0 Å². The number of aliphatic hydroxyl groups is 1. The van der Waals surface area contributed by atoms with Gasteiger partial charge in [-0.2, -0.15) is 0 Å². The smallest absolute Gasteiger partial charge is 0.103 e. The van der Waals surface area contributed by atoms with Gasteiger partial charge in [-0.3, -0.25) is 0 Å². The van der Waals surface area contributed by atoms with Gasteiger partial charge in [-0.15, -0.1) is 11.6 Å². The van der Waals surface area contributed by atoms with Crippen molar-refractivity contribution in [2.45, 2.75) is 19.4 Å². The third-order valence-electron chi connectivity index (χ3n) is 0.954. The molecule has 0 unspecified atom stereocenters. The molecule has 0 spiro atoms. The predicted molar refractivity (Wildman–Crippen MR) is 36.2 cm³/mol. The quantitative estimate of drug-likeness (QED) is 0.266. The highest BCUT2D eigenvalue weighted by atomic mass is 35.5. The Bertz CT molecular complexity index is 117. The van der Waals surface area contributed by atoms with Crippen molar-refractivity contribution in [3.63, 3.8) is 0 Å². The zero-order chi connectivity index (χ0) is 7.49. The molecule has 0 aromatic heterocycles. The monoisotopic (exact) mass is 151 g/mol. The Morgan fingerprint density at radius 1 is 1.67 bits per heavy atom. The lowest BCUT2D eigenvalue weighted by Gasteiger charge is -2.15. The number of halogens is 1. The second-order valence-electron chi connectivity index (χ2n) is 2.24. The van der Waals surface area contributed by atoms with Crippen LogP contribution in [0.1, 0.15) is 13.8 Å². The van der Waals surface area contributed by atoms with Crippen LogP contribution in [0.2, 0.25) is 0 Å². The van der Waals surface area contributed by atoms with Gasteiger partial charge in [0.15, 0.2) is 0 Å². The van der Waals surface area contributed by atoms with Crippen LogP contribution in [0.25, 0.3) is 0 Å².